The number of hydrogen-bond acceptors (Lipinski definition) is 5. The fraction of sp³-hybridized carbons (Fsp3) is 0.100. The molecule has 3 N–H and O–H groups in total. The van der Waals surface area contributed by atoms with Crippen LogP contribution in [0.1, 0.15) is 15.9 Å². The Bertz CT molecular complexity index is 1200. The number of sulfonamides is 1. The van der Waals surface area contributed by atoms with Crippen molar-refractivity contribution in [1.29, 1.82) is 0 Å². The van der Waals surface area contributed by atoms with Gasteiger partial charge in [-0.1, -0.05) is 18.2 Å². The normalized spacial score (nSPS) is 11.0. The number of amides is 1. The maximum Gasteiger partial charge on any atom is 0.262 e. The zero-order valence-corrected chi connectivity index (χ0v) is 16.5. The fourth-order valence-corrected chi connectivity index (χ4v) is 3.99. The summed E-state index contributed by atoms with van der Waals surface area (Å²) in [6, 6.07) is 13.8. The van der Waals surface area contributed by atoms with Gasteiger partial charge in [-0.25, -0.2) is 8.42 Å². The molecule has 0 atom stereocenters. The number of ether oxygens (including phenoxy) is 1. The van der Waals surface area contributed by atoms with Crippen LogP contribution < -0.4 is 20.3 Å². The lowest BCUT2D eigenvalue weighted by atomic mass is 10.2. The van der Waals surface area contributed by atoms with E-state index in [2.05, 4.69) is 15.0 Å². The topological polar surface area (TPSA) is 117 Å². The molecule has 0 unspecified atom stereocenters. The van der Waals surface area contributed by atoms with Gasteiger partial charge in [0.25, 0.3) is 15.9 Å². The van der Waals surface area contributed by atoms with E-state index < -0.39 is 15.9 Å². The average Bonchev–Trinajstić information content (AvgIpc) is 2.70. The first kappa shape index (κ1) is 20.2. The molecule has 0 aliphatic heterocycles. The number of carbonyl (C=O) groups excluding carboxylic acids is 1. The van der Waals surface area contributed by atoms with Crippen LogP contribution >= 0.6 is 0 Å². The van der Waals surface area contributed by atoms with E-state index in [4.69, 9.17) is 4.74 Å². The zero-order chi connectivity index (χ0) is 21.0. The van der Waals surface area contributed by atoms with Gasteiger partial charge < -0.3 is 15.0 Å². The quantitative estimate of drug-likeness (QED) is 0.574. The number of aryl methyl sites for hydroxylation is 1. The van der Waals surface area contributed by atoms with Crippen molar-refractivity contribution in [2.45, 2.75) is 11.8 Å². The van der Waals surface area contributed by atoms with E-state index in [9.17, 15) is 18.0 Å². The van der Waals surface area contributed by atoms with Crippen LogP contribution in [0, 0.1) is 6.92 Å². The Morgan fingerprint density at radius 3 is 2.52 bits per heavy atom. The number of rotatable bonds is 6. The second-order valence-electron chi connectivity index (χ2n) is 6.18. The Kier molecular flexibility index (Phi) is 5.69. The highest BCUT2D eigenvalue weighted by Gasteiger charge is 2.20. The second kappa shape index (κ2) is 8.19. The molecule has 0 saturated heterocycles. The molecule has 150 valence electrons. The molecule has 0 aliphatic carbocycles. The Morgan fingerprint density at radius 2 is 1.83 bits per heavy atom. The van der Waals surface area contributed by atoms with Crippen LogP contribution in [0.5, 0.6) is 5.75 Å². The predicted octanol–water partition coefficient (Wildman–Crippen LogP) is 2.75. The summed E-state index contributed by atoms with van der Waals surface area (Å²) in [4.78, 5) is 25.9. The smallest absolute Gasteiger partial charge is 0.262 e. The second-order valence-corrected chi connectivity index (χ2v) is 7.83. The molecule has 0 bridgehead atoms. The largest absolute Gasteiger partial charge is 0.495 e. The third-order valence-corrected chi connectivity index (χ3v) is 5.64. The molecule has 0 aliphatic rings. The number of para-hydroxylation sites is 2. The summed E-state index contributed by atoms with van der Waals surface area (Å²) in [6.45, 7) is 1.66. The summed E-state index contributed by atoms with van der Waals surface area (Å²) in [7, 11) is -2.48. The highest BCUT2D eigenvalue weighted by atomic mass is 32.2. The fourth-order valence-electron chi connectivity index (χ4n) is 2.65. The van der Waals surface area contributed by atoms with Crippen molar-refractivity contribution in [3.05, 3.63) is 82.3 Å². The molecular formula is C20H19N3O5S. The van der Waals surface area contributed by atoms with Crippen LogP contribution in [0.4, 0.5) is 11.4 Å². The zero-order valence-electron chi connectivity index (χ0n) is 15.7. The molecule has 2 aromatic carbocycles. The van der Waals surface area contributed by atoms with Crippen LogP contribution in [0.15, 0.2) is 70.5 Å². The number of pyridine rings is 1. The van der Waals surface area contributed by atoms with Crippen molar-refractivity contribution in [3.63, 3.8) is 0 Å². The number of benzene rings is 2. The van der Waals surface area contributed by atoms with Crippen molar-refractivity contribution >= 4 is 27.3 Å². The van der Waals surface area contributed by atoms with Crippen molar-refractivity contribution in [2.75, 3.05) is 17.1 Å². The van der Waals surface area contributed by atoms with Crippen LogP contribution in [0.2, 0.25) is 0 Å². The van der Waals surface area contributed by atoms with Gasteiger partial charge in [-0.15, -0.1) is 0 Å². The third kappa shape index (κ3) is 4.64. The molecule has 29 heavy (non-hydrogen) atoms. The summed E-state index contributed by atoms with van der Waals surface area (Å²) in [5.41, 5.74) is 1.02. The SMILES string of the molecule is COc1ccccc1NS(=O)(=O)c1cc(NC(=O)c2ccc(=O)[nH]c2)ccc1C. The number of aromatic amines is 1. The van der Waals surface area contributed by atoms with Crippen molar-refractivity contribution in [2.24, 2.45) is 0 Å². The number of H-pyrrole nitrogens is 1. The van der Waals surface area contributed by atoms with E-state index in [1.165, 1.54) is 31.5 Å². The molecular weight excluding hydrogens is 394 g/mol. The minimum atomic E-state index is -3.93. The summed E-state index contributed by atoms with van der Waals surface area (Å²) in [5.74, 6) is -0.0950. The first-order chi connectivity index (χ1) is 13.8. The van der Waals surface area contributed by atoms with Crippen LogP contribution in [-0.4, -0.2) is 26.4 Å². The van der Waals surface area contributed by atoms with E-state index in [1.807, 2.05) is 0 Å². The molecule has 3 aromatic rings. The minimum Gasteiger partial charge on any atom is -0.495 e. The molecule has 0 fully saturated rings. The highest BCUT2D eigenvalue weighted by molar-refractivity contribution is 7.92. The first-order valence-electron chi connectivity index (χ1n) is 8.57. The maximum absolute atomic E-state index is 12.9. The summed E-state index contributed by atoms with van der Waals surface area (Å²) in [5, 5.41) is 2.63. The molecule has 1 heterocycles. The standard InChI is InChI=1S/C20H19N3O5S/c1-13-7-9-15(22-20(25)14-8-10-19(24)21-12-14)11-18(13)29(26,27)23-16-5-3-4-6-17(16)28-2/h3-12,23H,1-2H3,(H,21,24)(H,22,25). The molecule has 0 spiro atoms. The van der Waals surface area contributed by atoms with E-state index in [0.29, 0.717) is 22.7 Å². The predicted molar refractivity (Wildman–Crippen MR) is 110 cm³/mol. The van der Waals surface area contributed by atoms with Gasteiger partial charge in [0, 0.05) is 18.0 Å². The minimum absolute atomic E-state index is 0.0164. The summed E-state index contributed by atoms with van der Waals surface area (Å²) in [6.07, 6.45) is 1.28. The van der Waals surface area contributed by atoms with Crippen LogP contribution in [0.25, 0.3) is 0 Å². The highest BCUT2D eigenvalue weighted by Crippen LogP contribution is 2.28. The van der Waals surface area contributed by atoms with E-state index in [-0.39, 0.29) is 16.0 Å². The Balaban J connectivity index is 1.89. The molecule has 0 saturated carbocycles. The maximum atomic E-state index is 12.9. The Hall–Kier alpha value is -3.59. The molecule has 1 amide bonds. The van der Waals surface area contributed by atoms with Gasteiger partial charge in [-0.05, 0) is 42.8 Å². The number of hydrogen-bond donors (Lipinski definition) is 3. The van der Waals surface area contributed by atoms with Gasteiger partial charge >= 0.3 is 0 Å². The van der Waals surface area contributed by atoms with E-state index >= 15 is 0 Å². The van der Waals surface area contributed by atoms with Crippen LogP contribution in [0.3, 0.4) is 0 Å². The lowest BCUT2D eigenvalue weighted by Crippen LogP contribution is -2.17. The van der Waals surface area contributed by atoms with Gasteiger partial charge in [0.15, 0.2) is 0 Å². The Labute approximate surface area is 167 Å². The molecule has 1 aromatic heterocycles. The van der Waals surface area contributed by atoms with Crippen molar-refractivity contribution in [1.82, 2.24) is 4.98 Å². The Morgan fingerprint density at radius 1 is 1.07 bits per heavy atom. The van der Waals surface area contributed by atoms with Gasteiger partial charge in [0.1, 0.15) is 5.75 Å². The lowest BCUT2D eigenvalue weighted by molar-refractivity contribution is 0.102. The number of methoxy groups -OCH3 is 1. The number of anilines is 2. The molecule has 8 nitrogen and oxygen atoms in total. The summed E-state index contributed by atoms with van der Waals surface area (Å²) < 4.78 is 33.5. The van der Waals surface area contributed by atoms with Gasteiger partial charge in [0.05, 0.1) is 23.3 Å². The van der Waals surface area contributed by atoms with Crippen molar-refractivity contribution in [3.8, 4) is 5.75 Å². The number of carbonyl (C=O) groups is 1. The molecule has 3 rings (SSSR count). The third-order valence-electron chi connectivity index (χ3n) is 4.13. The number of aromatic nitrogens is 1. The van der Waals surface area contributed by atoms with Gasteiger partial charge in [0.2, 0.25) is 5.56 Å². The van der Waals surface area contributed by atoms with Gasteiger partial charge in [-0.3, -0.25) is 14.3 Å². The van der Waals surface area contributed by atoms with Crippen molar-refractivity contribution < 1.29 is 17.9 Å². The van der Waals surface area contributed by atoms with E-state index in [0.717, 1.165) is 0 Å². The number of nitrogens with one attached hydrogen (secondary N) is 3. The van der Waals surface area contributed by atoms with Gasteiger partial charge in [-0.2, -0.15) is 0 Å². The monoisotopic (exact) mass is 413 g/mol. The first-order valence-corrected chi connectivity index (χ1v) is 10.0. The lowest BCUT2D eigenvalue weighted by Gasteiger charge is -2.14. The summed E-state index contributed by atoms with van der Waals surface area (Å²) >= 11 is 0. The van der Waals surface area contributed by atoms with E-state index in [1.54, 1.807) is 43.3 Å². The average molecular weight is 413 g/mol. The van der Waals surface area contributed by atoms with Crippen LogP contribution in [-0.2, 0) is 10.0 Å². The molecule has 9 heteroatoms. The molecule has 0 radical (unpaired) electrons.